The number of nitrogens with zero attached hydrogens (tertiary/aromatic N) is 7. The second-order valence-electron chi connectivity index (χ2n) is 12.5. The minimum absolute atomic E-state index is 0.199. The molecule has 3 atom stereocenters. The summed E-state index contributed by atoms with van der Waals surface area (Å²) in [6, 6.07) is 11.1. The van der Waals surface area contributed by atoms with Crippen molar-refractivity contribution in [2.45, 2.75) is 52.3 Å². The first kappa shape index (κ1) is 33.6. The molecule has 0 spiro atoms. The Balaban J connectivity index is 1.31. The quantitative estimate of drug-likeness (QED) is 0.167. The molecule has 0 bridgehead atoms. The van der Waals surface area contributed by atoms with E-state index in [1.165, 1.54) is 6.26 Å². The van der Waals surface area contributed by atoms with Crippen molar-refractivity contribution in [1.82, 2.24) is 35.0 Å². The number of allylic oxidation sites excluding steroid dienone is 1. The average molecular weight is 663 g/mol. The van der Waals surface area contributed by atoms with Crippen LogP contribution in [-0.4, -0.2) is 67.4 Å². The van der Waals surface area contributed by atoms with Gasteiger partial charge in [0.15, 0.2) is 16.7 Å². The number of nitrogens with one attached hydrogen (secondary N) is 2. The number of anilines is 1. The molecule has 3 unspecified atom stereocenters. The lowest BCUT2D eigenvalue weighted by Crippen LogP contribution is -2.42. The summed E-state index contributed by atoms with van der Waals surface area (Å²) in [6.07, 6.45) is 9.46. The van der Waals surface area contributed by atoms with Crippen LogP contribution in [0.4, 0.5) is 16.4 Å². The number of aromatic nitrogens is 5. The number of fused-ring (bicyclic) bond motifs is 2. The lowest BCUT2D eigenvalue weighted by atomic mass is 9.85. The molecule has 5 rings (SSSR count). The summed E-state index contributed by atoms with van der Waals surface area (Å²) in [5.41, 5.74) is 9.82. The number of hydrogen-bond acceptors (Lipinski definition) is 10. The van der Waals surface area contributed by atoms with Gasteiger partial charge in [-0.1, -0.05) is 45.0 Å². The average Bonchev–Trinajstić information content (AvgIpc) is 3.64. The van der Waals surface area contributed by atoms with Crippen LogP contribution in [0.3, 0.4) is 0 Å². The molecule has 1 aromatic carbocycles. The summed E-state index contributed by atoms with van der Waals surface area (Å²) in [6.45, 7) is 6.58. The van der Waals surface area contributed by atoms with E-state index >= 15 is 0 Å². The first-order valence-electron chi connectivity index (χ1n) is 15.3. The molecular weight excluding hydrogens is 620 g/mol. The van der Waals surface area contributed by atoms with Gasteiger partial charge in [-0.3, -0.25) is 18.6 Å². The lowest BCUT2D eigenvalue weighted by molar-refractivity contribution is 0.171. The molecule has 0 aliphatic heterocycles. The zero-order valence-corrected chi connectivity index (χ0v) is 28.3. The number of aliphatic imine (C=N–C) groups is 1. The topological polar surface area (TPSA) is 166 Å². The Kier molecular flexibility index (Phi) is 10.3. The molecule has 4 N–H and O–H groups in total. The molecule has 250 valence electrons. The standard InChI is InChI=1S/C32H42N10O4S/c1-32(2,3)27(33)17-28(35-21-18-34-41(19-21)15-16-45-47(6)44)37-30(43)36-25-12-13-26(24-10-8-7-9-23(24)25)46-22-11-14-29-38-39-31(40(4)5)42(29)20-22/h7-11,14,17-20,25-26H,12-13,15-16,33H2,1-6H3,(H2,35,36,37,43). The SMILES string of the molecule is CN(C)c1nnc2ccc(OC3CCC(NC(=O)NC(C=C(N)C(C)(C)C)=Nc4cnn(CCOS(C)=O)c4)c4ccccc43)cn12. The van der Waals surface area contributed by atoms with Crippen molar-refractivity contribution in [3.8, 4) is 5.75 Å². The maximum Gasteiger partial charge on any atom is 0.320 e. The van der Waals surface area contributed by atoms with Crippen molar-refractivity contribution in [2.24, 2.45) is 16.1 Å². The number of carbonyl (C=O) groups excluding carboxylic acids is 1. The minimum atomic E-state index is -1.36. The summed E-state index contributed by atoms with van der Waals surface area (Å²) in [7, 11) is 3.83. The number of carbonyl (C=O) groups is 1. The zero-order valence-electron chi connectivity index (χ0n) is 27.5. The Morgan fingerprint density at radius 3 is 2.64 bits per heavy atom. The molecule has 0 saturated carbocycles. The Morgan fingerprint density at radius 1 is 1.15 bits per heavy atom. The Bertz CT molecular complexity index is 1810. The van der Waals surface area contributed by atoms with E-state index in [4.69, 9.17) is 14.7 Å². The lowest BCUT2D eigenvalue weighted by Gasteiger charge is -2.32. The highest BCUT2D eigenvalue weighted by atomic mass is 32.2. The number of hydrogen-bond donors (Lipinski definition) is 3. The van der Waals surface area contributed by atoms with Crippen LogP contribution in [0.15, 0.2) is 71.8 Å². The molecule has 3 aromatic heterocycles. The van der Waals surface area contributed by atoms with Crippen LogP contribution in [-0.2, 0) is 21.8 Å². The summed E-state index contributed by atoms with van der Waals surface area (Å²) < 4.78 is 26.3. The van der Waals surface area contributed by atoms with E-state index < -0.39 is 17.1 Å². The van der Waals surface area contributed by atoms with Crippen LogP contribution >= 0.6 is 0 Å². The van der Waals surface area contributed by atoms with Crippen LogP contribution in [0, 0.1) is 5.41 Å². The van der Waals surface area contributed by atoms with Gasteiger partial charge in [-0.25, -0.2) is 14.0 Å². The Hall–Kier alpha value is -4.76. The van der Waals surface area contributed by atoms with E-state index in [1.54, 1.807) is 23.2 Å². The van der Waals surface area contributed by atoms with Crippen LogP contribution in [0.1, 0.15) is 56.9 Å². The summed E-state index contributed by atoms with van der Waals surface area (Å²) >= 11 is -1.36. The van der Waals surface area contributed by atoms with Gasteiger partial charge in [0, 0.05) is 37.5 Å². The fraction of sp³-hybridized carbons (Fsp3) is 0.406. The van der Waals surface area contributed by atoms with E-state index in [0.717, 1.165) is 16.8 Å². The maximum absolute atomic E-state index is 13.4. The number of rotatable bonds is 10. The fourth-order valence-corrected chi connectivity index (χ4v) is 5.42. The molecule has 3 heterocycles. The third kappa shape index (κ3) is 8.54. The van der Waals surface area contributed by atoms with E-state index in [-0.39, 0.29) is 30.0 Å². The molecule has 2 amide bonds. The van der Waals surface area contributed by atoms with E-state index in [2.05, 4.69) is 30.9 Å². The molecule has 0 saturated heterocycles. The monoisotopic (exact) mass is 662 g/mol. The van der Waals surface area contributed by atoms with Crippen molar-refractivity contribution < 1.29 is 17.9 Å². The van der Waals surface area contributed by atoms with Gasteiger partial charge in [0.25, 0.3) is 0 Å². The first-order valence-corrected chi connectivity index (χ1v) is 16.8. The number of nitrogens with two attached hydrogens (primary N) is 1. The highest BCUT2D eigenvalue weighted by Crippen LogP contribution is 2.39. The van der Waals surface area contributed by atoms with Gasteiger partial charge < -0.3 is 20.7 Å². The van der Waals surface area contributed by atoms with Gasteiger partial charge in [-0.2, -0.15) is 5.10 Å². The summed E-state index contributed by atoms with van der Waals surface area (Å²) in [5.74, 6) is 1.68. The fourth-order valence-electron chi connectivity index (χ4n) is 5.11. The largest absolute Gasteiger partial charge is 0.484 e. The molecule has 1 aliphatic carbocycles. The number of amidine groups is 1. The van der Waals surface area contributed by atoms with Crippen molar-refractivity contribution >= 4 is 40.2 Å². The molecule has 15 heteroatoms. The maximum atomic E-state index is 13.4. The third-order valence-electron chi connectivity index (χ3n) is 7.62. The van der Waals surface area contributed by atoms with Gasteiger partial charge in [0.1, 0.15) is 23.4 Å². The first-order chi connectivity index (χ1) is 22.4. The third-order valence-corrected chi connectivity index (χ3v) is 8.11. The predicted octanol–water partition coefficient (Wildman–Crippen LogP) is 4.18. The van der Waals surface area contributed by atoms with Crippen molar-refractivity contribution in [1.29, 1.82) is 0 Å². The van der Waals surface area contributed by atoms with Gasteiger partial charge in [0.05, 0.1) is 37.8 Å². The molecule has 14 nitrogen and oxygen atoms in total. The second-order valence-corrected chi connectivity index (χ2v) is 13.5. The summed E-state index contributed by atoms with van der Waals surface area (Å²) in [4.78, 5) is 19.9. The normalized spacial score (nSPS) is 17.7. The van der Waals surface area contributed by atoms with Crippen LogP contribution in [0.2, 0.25) is 0 Å². The molecule has 4 aromatic rings. The number of urea groups is 1. The van der Waals surface area contributed by atoms with Gasteiger partial charge in [-0.15, -0.1) is 10.2 Å². The van der Waals surface area contributed by atoms with E-state index in [1.807, 2.05) is 86.8 Å². The van der Waals surface area contributed by atoms with Crippen LogP contribution < -0.4 is 26.0 Å². The molecule has 0 radical (unpaired) electrons. The van der Waals surface area contributed by atoms with Crippen LogP contribution in [0.25, 0.3) is 5.65 Å². The highest BCUT2D eigenvalue weighted by Gasteiger charge is 2.30. The molecule has 1 aliphatic rings. The van der Waals surface area contributed by atoms with Gasteiger partial charge >= 0.3 is 6.03 Å². The van der Waals surface area contributed by atoms with Crippen molar-refractivity contribution in [3.05, 3.63) is 77.9 Å². The van der Waals surface area contributed by atoms with E-state index in [0.29, 0.717) is 42.5 Å². The highest BCUT2D eigenvalue weighted by molar-refractivity contribution is 7.79. The smallest absolute Gasteiger partial charge is 0.320 e. The molecular formula is C32H42N10O4S. The molecule has 0 fully saturated rings. The molecule has 47 heavy (non-hydrogen) atoms. The van der Waals surface area contributed by atoms with Gasteiger partial charge in [-0.05, 0) is 36.1 Å². The predicted molar refractivity (Wildman–Crippen MR) is 182 cm³/mol. The Labute approximate surface area is 276 Å². The van der Waals surface area contributed by atoms with Crippen LogP contribution in [0.5, 0.6) is 5.75 Å². The Morgan fingerprint density at radius 2 is 1.91 bits per heavy atom. The zero-order chi connectivity index (χ0) is 33.7. The number of amides is 2. The van der Waals surface area contributed by atoms with Gasteiger partial charge in [0.2, 0.25) is 5.95 Å². The number of ether oxygens (including phenoxy) is 1. The van der Waals surface area contributed by atoms with Crippen molar-refractivity contribution in [2.75, 3.05) is 31.9 Å². The second kappa shape index (κ2) is 14.3. The summed E-state index contributed by atoms with van der Waals surface area (Å²) in [5, 5.41) is 18.8. The number of pyridine rings is 1. The number of benzene rings is 1. The van der Waals surface area contributed by atoms with E-state index in [9.17, 15) is 9.00 Å². The van der Waals surface area contributed by atoms with Crippen molar-refractivity contribution in [3.63, 3.8) is 0 Å². The minimum Gasteiger partial charge on any atom is -0.484 e.